The van der Waals surface area contributed by atoms with Crippen molar-refractivity contribution in [2.24, 2.45) is 0 Å². The largest absolute Gasteiger partial charge is 0.397 e. The Hall–Kier alpha value is -3.04. The van der Waals surface area contributed by atoms with Crippen LogP contribution < -0.4 is 0 Å². The number of rotatable bonds is 9. The summed E-state index contributed by atoms with van der Waals surface area (Å²) < 4.78 is 36.1. The quantitative estimate of drug-likeness (QED) is 0.454. The number of likely N-dealkylation sites (N-methyl/N-ethyl adjacent to an activating group) is 1. The van der Waals surface area contributed by atoms with Crippen LogP contribution in [0.1, 0.15) is 35.1 Å². The average molecular weight is 495 g/mol. The molecule has 1 N–H and O–H groups in total. The van der Waals surface area contributed by atoms with Gasteiger partial charge in [-0.15, -0.1) is 0 Å². The first-order chi connectivity index (χ1) is 16.8. The summed E-state index contributed by atoms with van der Waals surface area (Å²) in [6.07, 6.45) is -0.126. The van der Waals surface area contributed by atoms with E-state index >= 15 is 0 Å². The van der Waals surface area contributed by atoms with E-state index in [4.69, 9.17) is 8.74 Å². The van der Waals surface area contributed by atoms with Gasteiger partial charge in [0.1, 0.15) is 0 Å². The molecule has 1 aliphatic rings. The molecule has 1 amide bonds. The van der Waals surface area contributed by atoms with Gasteiger partial charge in [0.2, 0.25) is 5.91 Å². The van der Waals surface area contributed by atoms with Gasteiger partial charge in [0.15, 0.2) is 0 Å². The highest BCUT2D eigenvalue weighted by Gasteiger charge is 2.34. The van der Waals surface area contributed by atoms with Gasteiger partial charge in [-0.05, 0) is 23.1 Å². The fourth-order valence-electron chi connectivity index (χ4n) is 4.71. The molecule has 1 unspecified atom stereocenters. The van der Waals surface area contributed by atoms with E-state index in [9.17, 15) is 13.2 Å². The minimum atomic E-state index is -4.51. The van der Waals surface area contributed by atoms with Gasteiger partial charge in [0, 0.05) is 26.7 Å². The van der Waals surface area contributed by atoms with Gasteiger partial charge in [-0.2, -0.15) is 8.42 Å². The summed E-state index contributed by atoms with van der Waals surface area (Å²) in [5.41, 5.74) is 2.83. The molecule has 1 heterocycles. The van der Waals surface area contributed by atoms with Crippen molar-refractivity contribution < 1.29 is 21.9 Å². The molecule has 4 rings (SSSR count). The smallest absolute Gasteiger partial charge is 0.337 e. The molecule has 2 atom stereocenters. The first-order valence-corrected chi connectivity index (χ1v) is 13.0. The summed E-state index contributed by atoms with van der Waals surface area (Å²) in [5.74, 6) is -0.482. The van der Waals surface area contributed by atoms with Gasteiger partial charge in [-0.3, -0.25) is 14.2 Å². The molecular formula is C27H30N2O5S. The molecule has 0 saturated carbocycles. The highest BCUT2D eigenvalue weighted by atomic mass is 32.3. The minimum Gasteiger partial charge on any atom is -0.337 e. The Morgan fingerprint density at radius 3 is 1.91 bits per heavy atom. The molecule has 0 aliphatic carbocycles. The molecule has 3 aromatic rings. The lowest BCUT2D eigenvalue weighted by atomic mass is 9.89. The van der Waals surface area contributed by atoms with Crippen LogP contribution >= 0.6 is 0 Å². The summed E-state index contributed by atoms with van der Waals surface area (Å²) in [7, 11) is -2.68. The van der Waals surface area contributed by atoms with Crippen LogP contribution in [0, 0.1) is 0 Å². The maximum Gasteiger partial charge on any atom is 0.397 e. The lowest BCUT2D eigenvalue weighted by Gasteiger charge is -2.34. The maximum absolute atomic E-state index is 14.1. The van der Waals surface area contributed by atoms with Crippen molar-refractivity contribution in [1.82, 2.24) is 9.80 Å². The number of hydrogen-bond acceptors (Lipinski definition) is 5. The van der Waals surface area contributed by atoms with Crippen LogP contribution in [0.2, 0.25) is 0 Å². The molecule has 7 nitrogen and oxygen atoms in total. The molecule has 0 radical (unpaired) electrons. The molecule has 0 bridgehead atoms. The molecule has 1 fully saturated rings. The third-order valence-corrected chi connectivity index (χ3v) is 6.95. The summed E-state index contributed by atoms with van der Waals surface area (Å²) >= 11 is 0. The van der Waals surface area contributed by atoms with E-state index in [0.29, 0.717) is 26.1 Å². The minimum absolute atomic E-state index is 0.0267. The first kappa shape index (κ1) is 25.1. The van der Waals surface area contributed by atoms with E-state index in [-0.39, 0.29) is 11.9 Å². The summed E-state index contributed by atoms with van der Waals surface area (Å²) in [6, 6.07) is 29.1. The van der Waals surface area contributed by atoms with Gasteiger partial charge < -0.3 is 4.90 Å². The lowest BCUT2D eigenvalue weighted by Crippen LogP contribution is -2.41. The van der Waals surface area contributed by atoms with E-state index in [0.717, 1.165) is 16.7 Å². The van der Waals surface area contributed by atoms with Crippen LogP contribution in [0.3, 0.4) is 0 Å². The topological polar surface area (TPSA) is 87.2 Å². The van der Waals surface area contributed by atoms with Crippen LogP contribution in [-0.2, 0) is 19.4 Å². The van der Waals surface area contributed by atoms with E-state index in [1.807, 2.05) is 98.0 Å². The molecule has 0 aromatic heterocycles. The van der Waals surface area contributed by atoms with Crippen molar-refractivity contribution in [3.63, 3.8) is 0 Å². The summed E-state index contributed by atoms with van der Waals surface area (Å²) in [5, 5.41) is 0. The molecule has 1 saturated heterocycles. The van der Waals surface area contributed by atoms with Crippen LogP contribution in [0.25, 0.3) is 0 Å². The number of nitrogens with zero attached hydrogens (tertiary/aromatic N) is 2. The zero-order valence-electron chi connectivity index (χ0n) is 19.6. The van der Waals surface area contributed by atoms with Crippen molar-refractivity contribution >= 4 is 16.3 Å². The van der Waals surface area contributed by atoms with Gasteiger partial charge in [0.05, 0.1) is 18.1 Å². The zero-order valence-corrected chi connectivity index (χ0v) is 20.4. The molecule has 35 heavy (non-hydrogen) atoms. The first-order valence-electron chi connectivity index (χ1n) is 11.6. The second kappa shape index (κ2) is 11.1. The van der Waals surface area contributed by atoms with Crippen molar-refractivity contribution in [3.8, 4) is 0 Å². The average Bonchev–Trinajstić information content (AvgIpc) is 3.29. The zero-order chi connectivity index (χ0) is 24.8. The Balaban J connectivity index is 1.61. The van der Waals surface area contributed by atoms with Gasteiger partial charge in [0.25, 0.3) is 0 Å². The Morgan fingerprint density at radius 2 is 1.43 bits per heavy atom. The monoisotopic (exact) mass is 494 g/mol. The van der Waals surface area contributed by atoms with Crippen molar-refractivity contribution in [1.29, 1.82) is 0 Å². The van der Waals surface area contributed by atoms with E-state index in [1.165, 1.54) is 0 Å². The predicted octanol–water partition coefficient (Wildman–Crippen LogP) is 3.91. The van der Waals surface area contributed by atoms with Crippen LogP contribution in [-0.4, -0.2) is 61.5 Å². The van der Waals surface area contributed by atoms with E-state index in [2.05, 4.69) is 4.90 Å². The van der Waals surface area contributed by atoms with E-state index in [1.54, 1.807) is 4.90 Å². The number of benzene rings is 3. The van der Waals surface area contributed by atoms with Crippen molar-refractivity contribution in [3.05, 3.63) is 108 Å². The molecule has 184 valence electrons. The van der Waals surface area contributed by atoms with Gasteiger partial charge in [-0.1, -0.05) is 91.0 Å². The van der Waals surface area contributed by atoms with Crippen LogP contribution in [0.5, 0.6) is 0 Å². The Labute approximate surface area is 206 Å². The molecular weight excluding hydrogens is 464 g/mol. The maximum atomic E-state index is 14.1. The molecule has 0 spiro atoms. The third-order valence-electron chi connectivity index (χ3n) is 6.43. The highest BCUT2D eigenvalue weighted by molar-refractivity contribution is 7.80. The number of carbonyl (C=O) groups is 1. The summed E-state index contributed by atoms with van der Waals surface area (Å²) in [4.78, 5) is 17.9. The fourth-order valence-corrected chi connectivity index (χ4v) is 5.21. The second-order valence-corrected chi connectivity index (χ2v) is 9.87. The van der Waals surface area contributed by atoms with E-state index < -0.39 is 22.4 Å². The molecule has 8 heteroatoms. The number of carbonyl (C=O) groups excluding carboxylic acids is 1. The van der Waals surface area contributed by atoms with Gasteiger partial charge >= 0.3 is 10.4 Å². The SMILES string of the molecule is CN(C(=O)C(c1ccccc1)c1ccccc1)C(CN1CC[C@H](OS(=O)(=O)O)C1)c1ccccc1. The summed E-state index contributed by atoms with van der Waals surface area (Å²) in [6.45, 7) is 1.46. The standard InChI is InChI=1S/C27H30N2O5S/c1-28(27(30)26(22-13-7-3-8-14-22)23-15-9-4-10-16-23)25(21-11-5-2-6-12-21)20-29-18-17-24(19-29)34-35(31,32)33/h2-16,24-26H,17-20H2,1H3,(H,31,32,33)/t24-,25?/m0/s1. The van der Waals surface area contributed by atoms with Crippen LogP contribution in [0.15, 0.2) is 91.0 Å². The van der Waals surface area contributed by atoms with Crippen LogP contribution in [0.4, 0.5) is 0 Å². The number of likely N-dealkylation sites (tertiary alicyclic amines) is 1. The molecule has 1 aliphatic heterocycles. The molecule has 3 aromatic carbocycles. The van der Waals surface area contributed by atoms with Crippen molar-refractivity contribution in [2.45, 2.75) is 24.5 Å². The number of amides is 1. The Kier molecular flexibility index (Phi) is 7.97. The normalized spacial score (nSPS) is 17.4. The highest BCUT2D eigenvalue weighted by Crippen LogP contribution is 2.31. The lowest BCUT2D eigenvalue weighted by molar-refractivity contribution is -0.133. The fraction of sp³-hybridized carbons (Fsp3) is 0.296. The third kappa shape index (κ3) is 6.55. The Morgan fingerprint density at radius 1 is 0.943 bits per heavy atom. The predicted molar refractivity (Wildman–Crippen MR) is 134 cm³/mol. The Bertz CT molecular complexity index is 1170. The number of hydrogen-bond donors (Lipinski definition) is 1. The van der Waals surface area contributed by atoms with Gasteiger partial charge in [-0.25, -0.2) is 4.18 Å². The second-order valence-electron chi connectivity index (χ2n) is 8.82. The van der Waals surface area contributed by atoms with Crippen molar-refractivity contribution in [2.75, 3.05) is 26.7 Å².